The Hall–Kier alpha value is -1.21. The summed E-state index contributed by atoms with van der Waals surface area (Å²) in [5.41, 5.74) is 1.30. The maximum Gasteiger partial charge on any atom is 0.240 e. The van der Waals surface area contributed by atoms with Gasteiger partial charge in [-0.2, -0.15) is 0 Å². The van der Waals surface area contributed by atoms with Crippen molar-refractivity contribution in [2.24, 2.45) is 0 Å². The van der Waals surface area contributed by atoms with Gasteiger partial charge >= 0.3 is 0 Å². The van der Waals surface area contributed by atoms with Crippen LogP contribution in [-0.4, -0.2) is 51.2 Å². The van der Waals surface area contributed by atoms with E-state index in [9.17, 15) is 8.42 Å². The number of allylic oxidation sites excluding steroid dienone is 1. The van der Waals surface area contributed by atoms with Crippen molar-refractivity contribution in [3.05, 3.63) is 42.0 Å². The Morgan fingerprint density at radius 2 is 1.92 bits per heavy atom. The third-order valence-electron chi connectivity index (χ3n) is 5.42. The zero-order chi connectivity index (χ0) is 18.6. The number of sulfonamides is 1. The van der Waals surface area contributed by atoms with Gasteiger partial charge in [0.05, 0.1) is 16.6 Å². The highest BCUT2D eigenvalue weighted by atomic mass is 32.2. The van der Waals surface area contributed by atoms with Crippen molar-refractivity contribution in [1.82, 2.24) is 9.62 Å². The second kappa shape index (κ2) is 8.21. The predicted octanol–water partition coefficient (Wildman–Crippen LogP) is 2.94. The van der Waals surface area contributed by atoms with Crippen LogP contribution in [0.2, 0.25) is 0 Å². The summed E-state index contributed by atoms with van der Waals surface area (Å²) in [5, 5.41) is 0. The average molecular weight is 379 g/mol. The van der Waals surface area contributed by atoms with E-state index in [0.29, 0.717) is 11.4 Å². The molecule has 1 N–H and O–H groups in total. The van der Waals surface area contributed by atoms with E-state index in [4.69, 9.17) is 4.74 Å². The molecule has 144 valence electrons. The first-order valence-corrected chi connectivity index (χ1v) is 11.0. The summed E-state index contributed by atoms with van der Waals surface area (Å²) in [5.74, 6) is 0. The van der Waals surface area contributed by atoms with Crippen molar-refractivity contribution in [2.45, 2.75) is 56.1 Å². The lowest BCUT2D eigenvalue weighted by molar-refractivity contribution is -0.0734. The summed E-state index contributed by atoms with van der Waals surface area (Å²) in [6, 6.07) is 8.51. The quantitative estimate of drug-likeness (QED) is 0.773. The van der Waals surface area contributed by atoms with Crippen LogP contribution in [0, 0.1) is 0 Å². The molecule has 0 aliphatic carbocycles. The van der Waals surface area contributed by atoms with E-state index in [0.717, 1.165) is 45.3 Å². The van der Waals surface area contributed by atoms with Gasteiger partial charge in [-0.15, -0.1) is 0 Å². The van der Waals surface area contributed by atoms with Crippen LogP contribution in [0.25, 0.3) is 0 Å². The van der Waals surface area contributed by atoms with Crippen LogP contribution in [0.5, 0.6) is 0 Å². The Labute approximate surface area is 157 Å². The van der Waals surface area contributed by atoms with Crippen molar-refractivity contribution in [1.29, 1.82) is 0 Å². The molecule has 5 nitrogen and oxygen atoms in total. The van der Waals surface area contributed by atoms with Gasteiger partial charge in [-0.1, -0.05) is 29.8 Å². The molecule has 2 fully saturated rings. The van der Waals surface area contributed by atoms with Crippen LogP contribution in [0.15, 0.2) is 46.9 Å². The molecule has 2 aliphatic rings. The van der Waals surface area contributed by atoms with Gasteiger partial charge < -0.3 is 4.74 Å². The highest BCUT2D eigenvalue weighted by Crippen LogP contribution is 2.38. The minimum atomic E-state index is -3.46. The van der Waals surface area contributed by atoms with E-state index in [2.05, 4.69) is 29.5 Å². The number of rotatable bonds is 6. The molecule has 0 amide bonds. The maximum atomic E-state index is 12.3. The molecule has 1 aromatic rings. The molecular weight excluding hydrogens is 348 g/mol. The summed E-state index contributed by atoms with van der Waals surface area (Å²) >= 11 is 0. The van der Waals surface area contributed by atoms with E-state index >= 15 is 0 Å². The minimum Gasteiger partial charge on any atom is -0.370 e. The third kappa shape index (κ3) is 4.94. The fraction of sp³-hybridized carbons (Fsp3) is 0.600. The van der Waals surface area contributed by atoms with E-state index < -0.39 is 10.0 Å². The van der Waals surface area contributed by atoms with E-state index in [1.54, 1.807) is 24.3 Å². The standard InChI is InChI=1S/C20H30N2O3S/c1-17(2)9-13-22-14-11-20(12-15-22)10-8-18(25-20)16-21-26(23,24)19-6-4-3-5-7-19/h3-7,9,18,21H,8,10-16H2,1-2H3. The zero-order valence-corrected chi connectivity index (χ0v) is 16.6. The Morgan fingerprint density at radius 3 is 2.58 bits per heavy atom. The average Bonchev–Trinajstić information content (AvgIpc) is 3.03. The van der Waals surface area contributed by atoms with Crippen molar-refractivity contribution in [3.63, 3.8) is 0 Å². The molecule has 3 rings (SSSR count). The van der Waals surface area contributed by atoms with Crippen molar-refractivity contribution in [2.75, 3.05) is 26.2 Å². The van der Waals surface area contributed by atoms with E-state index in [1.165, 1.54) is 5.57 Å². The smallest absolute Gasteiger partial charge is 0.240 e. The van der Waals surface area contributed by atoms with E-state index in [-0.39, 0.29) is 11.7 Å². The predicted molar refractivity (Wildman–Crippen MR) is 104 cm³/mol. The summed E-state index contributed by atoms with van der Waals surface area (Å²) in [4.78, 5) is 2.77. The van der Waals surface area contributed by atoms with Gasteiger partial charge in [0.25, 0.3) is 0 Å². The van der Waals surface area contributed by atoms with Crippen molar-refractivity contribution in [3.8, 4) is 0 Å². The molecule has 6 heteroatoms. The second-order valence-electron chi connectivity index (χ2n) is 7.71. The van der Waals surface area contributed by atoms with Crippen LogP contribution in [0.4, 0.5) is 0 Å². The highest BCUT2D eigenvalue weighted by Gasteiger charge is 2.42. The van der Waals surface area contributed by atoms with Gasteiger partial charge in [-0.3, -0.25) is 4.90 Å². The van der Waals surface area contributed by atoms with Crippen LogP contribution in [-0.2, 0) is 14.8 Å². The van der Waals surface area contributed by atoms with Crippen LogP contribution < -0.4 is 4.72 Å². The van der Waals surface area contributed by atoms with Crippen LogP contribution in [0.1, 0.15) is 39.5 Å². The second-order valence-corrected chi connectivity index (χ2v) is 9.48. The molecule has 0 bridgehead atoms. The number of hydrogen-bond acceptors (Lipinski definition) is 4. The fourth-order valence-electron chi connectivity index (χ4n) is 3.75. The molecule has 2 saturated heterocycles. The molecule has 1 unspecified atom stereocenters. The summed E-state index contributed by atoms with van der Waals surface area (Å²) in [6.45, 7) is 7.72. The maximum absolute atomic E-state index is 12.3. The number of nitrogens with one attached hydrogen (secondary N) is 1. The Bertz CT molecular complexity index is 719. The lowest BCUT2D eigenvalue weighted by Crippen LogP contribution is -2.45. The van der Waals surface area contributed by atoms with Gasteiger partial charge in [0.1, 0.15) is 0 Å². The van der Waals surface area contributed by atoms with Crippen LogP contribution in [0.3, 0.4) is 0 Å². The Balaban J connectivity index is 1.48. The molecule has 0 saturated carbocycles. The van der Waals surface area contributed by atoms with Gasteiger partial charge in [-0.05, 0) is 51.7 Å². The third-order valence-corrected chi connectivity index (χ3v) is 6.86. The normalized spacial score (nSPS) is 23.2. The molecule has 2 aliphatic heterocycles. The first kappa shape index (κ1) is 19.5. The SMILES string of the molecule is CC(C)=CCN1CCC2(CCC(CNS(=O)(=O)c3ccccc3)O2)CC1. The zero-order valence-electron chi connectivity index (χ0n) is 15.8. The molecule has 26 heavy (non-hydrogen) atoms. The topological polar surface area (TPSA) is 58.6 Å². The summed E-state index contributed by atoms with van der Waals surface area (Å²) in [6.07, 6.45) is 6.26. The van der Waals surface area contributed by atoms with Crippen LogP contribution >= 0.6 is 0 Å². The number of ether oxygens (including phenoxy) is 1. The largest absolute Gasteiger partial charge is 0.370 e. The Kier molecular flexibility index (Phi) is 6.17. The molecule has 0 radical (unpaired) electrons. The monoisotopic (exact) mass is 378 g/mol. The number of benzene rings is 1. The first-order valence-electron chi connectivity index (χ1n) is 9.47. The number of hydrogen-bond donors (Lipinski definition) is 1. The summed E-state index contributed by atoms with van der Waals surface area (Å²) < 4.78 is 33.7. The molecule has 1 spiro atoms. The number of nitrogens with zero attached hydrogens (tertiary/aromatic N) is 1. The van der Waals surface area contributed by atoms with Crippen molar-refractivity contribution >= 4 is 10.0 Å². The molecule has 2 heterocycles. The molecule has 1 aromatic carbocycles. The molecule has 0 aromatic heterocycles. The minimum absolute atomic E-state index is 0.0298. The van der Waals surface area contributed by atoms with Gasteiger partial charge in [-0.25, -0.2) is 13.1 Å². The lowest BCUT2D eigenvalue weighted by Gasteiger charge is -2.39. The Morgan fingerprint density at radius 1 is 1.23 bits per heavy atom. The van der Waals surface area contributed by atoms with E-state index in [1.807, 2.05) is 6.07 Å². The summed E-state index contributed by atoms with van der Waals surface area (Å²) in [7, 11) is -3.46. The fourth-order valence-corrected chi connectivity index (χ4v) is 4.83. The first-order chi connectivity index (χ1) is 12.4. The highest BCUT2D eigenvalue weighted by molar-refractivity contribution is 7.89. The molecular formula is C20H30N2O3S. The van der Waals surface area contributed by atoms with Gasteiger partial charge in [0.15, 0.2) is 0 Å². The van der Waals surface area contributed by atoms with Crippen molar-refractivity contribution < 1.29 is 13.2 Å². The van der Waals surface area contributed by atoms with Gasteiger partial charge in [0.2, 0.25) is 10.0 Å². The van der Waals surface area contributed by atoms with Gasteiger partial charge in [0, 0.05) is 26.2 Å². The number of piperidine rings is 1. The number of likely N-dealkylation sites (tertiary alicyclic amines) is 1. The lowest BCUT2D eigenvalue weighted by atomic mass is 9.88. The molecule has 1 atom stereocenters.